The zero-order valence-electron chi connectivity index (χ0n) is 17.3. The van der Waals surface area contributed by atoms with Crippen LogP contribution in [0.5, 0.6) is 5.88 Å². The molecule has 0 saturated carbocycles. The fraction of sp³-hybridized carbons (Fsp3) is 0.120. The topological polar surface area (TPSA) is 88.9 Å². The van der Waals surface area contributed by atoms with Crippen LogP contribution in [0.2, 0.25) is 0 Å². The molecule has 0 radical (unpaired) electrons. The number of H-pyrrole nitrogens is 1. The number of aromatic amines is 1. The lowest BCUT2D eigenvalue weighted by molar-refractivity contribution is 0.0697. The fourth-order valence-electron chi connectivity index (χ4n) is 3.58. The van der Waals surface area contributed by atoms with Crippen LogP contribution >= 0.6 is 0 Å². The summed E-state index contributed by atoms with van der Waals surface area (Å²) < 4.78 is 0. The summed E-state index contributed by atoms with van der Waals surface area (Å²) in [4.78, 5) is 21.4. The molecule has 0 aliphatic rings. The number of hydrogen-bond donors (Lipinski definition) is 3. The van der Waals surface area contributed by atoms with Crippen LogP contribution in [-0.4, -0.2) is 45.9 Å². The van der Waals surface area contributed by atoms with Gasteiger partial charge >= 0.3 is 5.97 Å². The van der Waals surface area contributed by atoms with E-state index in [2.05, 4.69) is 9.88 Å². The molecule has 1 aromatic heterocycles. The number of aromatic nitrogens is 1. The normalized spacial score (nSPS) is 11.9. The second kappa shape index (κ2) is 8.45. The number of aromatic carboxylic acids is 1. The fourth-order valence-corrected chi connectivity index (χ4v) is 3.58. The highest BCUT2D eigenvalue weighted by molar-refractivity contribution is 6.22. The summed E-state index contributed by atoms with van der Waals surface area (Å²) >= 11 is 0. The average molecular weight is 413 g/mol. The van der Waals surface area contributed by atoms with Crippen LogP contribution in [0.25, 0.3) is 10.9 Å². The summed E-state index contributed by atoms with van der Waals surface area (Å²) in [5.41, 5.74) is 4.55. The van der Waals surface area contributed by atoms with Crippen molar-refractivity contribution in [2.75, 3.05) is 14.1 Å². The highest BCUT2D eigenvalue weighted by atomic mass is 16.4. The van der Waals surface area contributed by atoms with Gasteiger partial charge in [0.15, 0.2) is 5.88 Å². The van der Waals surface area contributed by atoms with Crippen LogP contribution in [0.1, 0.15) is 27.0 Å². The second-order valence-electron chi connectivity index (χ2n) is 7.64. The van der Waals surface area contributed by atoms with Crippen molar-refractivity contribution in [1.29, 1.82) is 0 Å². The number of rotatable bonds is 6. The molecule has 0 fully saturated rings. The summed E-state index contributed by atoms with van der Waals surface area (Å²) in [7, 11) is 4.04. The SMILES string of the molecule is CN(C)Cc1ccc(N=C(c2ccccc2)c2c(O)[nH]c3ccc(C(=O)O)cc23)cc1. The highest BCUT2D eigenvalue weighted by Crippen LogP contribution is 2.32. The first-order chi connectivity index (χ1) is 14.9. The van der Waals surface area contributed by atoms with E-state index >= 15 is 0 Å². The van der Waals surface area contributed by atoms with Gasteiger partial charge in [-0.1, -0.05) is 42.5 Å². The molecule has 4 aromatic rings. The van der Waals surface area contributed by atoms with Gasteiger partial charge < -0.3 is 20.1 Å². The number of hydrogen-bond acceptors (Lipinski definition) is 4. The summed E-state index contributed by atoms with van der Waals surface area (Å²) in [6.45, 7) is 0.830. The molecule has 1 heterocycles. The smallest absolute Gasteiger partial charge is 0.335 e. The van der Waals surface area contributed by atoms with Crippen LogP contribution in [0, 0.1) is 0 Å². The molecule has 0 unspecified atom stereocenters. The number of fused-ring (bicyclic) bond motifs is 1. The molecule has 0 bridgehead atoms. The van der Waals surface area contributed by atoms with Crippen molar-refractivity contribution in [2.45, 2.75) is 6.54 Å². The van der Waals surface area contributed by atoms with E-state index < -0.39 is 5.97 Å². The largest absolute Gasteiger partial charge is 0.494 e. The lowest BCUT2D eigenvalue weighted by Crippen LogP contribution is -2.10. The van der Waals surface area contributed by atoms with Gasteiger partial charge in [0.25, 0.3) is 0 Å². The second-order valence-corrected chi connectivity index (χ2v) is 7.64. The van der Waals surface area contributed by atoms with Gasteiger partial charge in [-0.15, -0.1) is 0 Å². The summed E-state index contributed by atoms with van der Waals surface area (Å²) in [6.07, 6.45) is 0. The summed E-state index contributed by atoms with van der Waals surface area (Å²) in [5.74, 6) is -1.08. The minimum Gasteiger partial charge on any atom is -0.494 e. The molecule has 6 heteroatoms. The highest BCUT2D eigenvalue weighted by Gasteiger charge is 2.20. The Labute approximate surface area is 180 Å². The van der Waals surface area contributed by atoms with Crippen LogP contribution < -0.4 is 0 Å². The Balaban J connectivity index is 1.89. The van der Waals surface area contributed by atoms with Crippen molar-refractivity contribution < 1.29 is 15.0 Å². The van der Waals surface area contributed by atoms with Crippen LogP contribution in [0.3, 0.4) is 0 Å². The molecule has 3 aromatic carbocycles. The number of nitrogens with zero attached hydrogens (tertiary/aromatic N) is 2. The minimum atomic E-state index is -1.02. The van der Waals surface area contributed by atoms with E-state index in [4.69, 9.17) is 4.99 Å². The molecular formula is C25H23N3O3. The van der Waals surface area contributed by atoms with Crippen LogP contribution in [0.4, 0.5) is 5.69 Å². The Hall–Kier alpha value is -3.90. The Morgan fingerprint density at radius 3 is 2.32 bits per heavy atom. The van der Waals surface area contributed by atoms with E-state index in [0.29, 0.717) is 22.2 Å². The number of carboxylic acid groups (broad SMARTS) is 1. The van der Waals surface area contributed by atoms with Gasteiger partial charge in [-0.2, -0.15) is 0 Å². The Morgan fingerprint density at radius 1 is 0.968 bits per heavy atom. The van der Waals surface area contributed by atoms with Gasteiger partial charge in [0.1, 0.15) is 0 Å². The maximum atomic E-state index is 11.5. The molecule has 31 heavy (non-hydrogen) atoms. The third-order valence-electron chi connectivity index (χ3n) is 4.99. The van der Waals surface area contributed by atoms with E-state index in [9.17, 15) is 15.0 Å². The van der Waals surface area contributed by atoms with Crippen molar-refractivity contribution >= 4 is 28.3 Å². The van der Waals surface area contributed by atoms with Gasteiger partial charge in [0.2, 0.25) is 0 Å². The van der Waals surface area contributed by atoms with E-state index in [1.165, 1.54) is 11.6 Å². The third-order valence-corrected chi connectivity index (χ3v) is 4.99. The average Bonchev–Trinajstić information content (AvgIpc) is 3.08. The molecule has 6 nitrogen and oxygen atoms in total. The van der Waals surface area contributed by atoms with Crippen molar-refractivity contribution in [1.82, 2.24) is 9.88 Å². The molecule has 0 aliphatic heterocycles. The minimum absolute atomic E-state index is 0.0515. The van der Waals surface area contributed by atoms with Crippen LogP contribution in [0.15, 0.2) is 77.8 Å². The molecule has 0 atom stereocenters. The summed E-state index contributed by atoms with van der Waals surface area (Å²) in [5, 5.41) is 20.7. The predicted molar refractivity (Wildman–Crippen MR) is 122 cm³/mol. The number of aromatic hydroxyl groups is 1. The first kappa shape index (κ1) is 20.4. The van der Waals surface area contributed by atoms with Gasteiger partial charge in [0, 0.05) is 23.0 Å². The predicted octanol–water partition coefficient (Wildman–Crippen LogP) is 4.80. The Morgan fingerprint density at radius 2 is 1.68 bits per heavy atom. The van der Waals surface area contributed by atoms with E-state index in [0.717, 1.165) is 17.8 Å². The van der Waals surface area contributed by atoms with Crippen molar-refractivity contribution in [3.05, 3.63) is 95.1 Å². The van der Waals surface area contributed by atoms with E-state index in [1.54, 1.807) is 12.1 Å². The molecule has 3 N–H and O–H groups in total. The van der Waals surface area contributed by atoms with Gasteiger partial charge in [-0.25, -0.2) is 9.79 Å². The van der Waals surface area contributed by atoms with Crippen LogP contribution in [-0.2, 0) is 6.54 Å². The monoisotopic (exact) mass is 413 g/mol. The molecule has 0 amide bonds. The molecule has 156 valence electrons. The number of aliphatic imine (C=N–C) groups is 1. The van der Waals surface area contributed by atoms with Gasteiger partial charge in [0.05, 0.1) is 22.5 Å². The van der Waals surface area contributed by atoms with Crippen molar-refractivity contribution in [3.8, 4) is 5.88 Å². The quantitative estimate of drug-likeness (QED) is 0.396. The van der Waals surface area contributed by atoms with E-state index in [1.807, 2.05) is 68.7 Å². The first-order valence-electron chi connectivity index (χ1n) is 9.88. The number of benzene rings is 3. The van der Waals surface area contributed by atoms with Gasteiger partial charge in [-0.05, 0) is 50.0 Å². The molecular weight excluding hydrogens is 390 g/mol. The Bertz CT molecular complexity index is 1260. The number of nitrogens with one attached hydrogen (secondary N) is 1. The third kappa shape index (κ3) is 4.34. The zero-order chi connectivity index (χ0) is 22.0. The molecule has 0 spiro atoms. The van der Waals surface area contributed by atoms with Gasteiger partial charge in [-0.3, -0.25) is 0 Å². The molecule has 0 saturated heterocycles. The maximum absolute atomic E-state index is 11.5. The first-order valence-corrected chi connectivity index (χ1v) is 9.88. The lowest BCUT2D eigenvalue weighted by atomic mass is 9.99. The standard InChI is InChI=1S/C25H23N3O3/c1-28(2)15-16-8-11-19(12-9-16)26-23(17-6-4-3-5-7-17)22-20-14-18(25(30)31)10-13-21(20)27-24(22)29/h3-14,27,29H,15H2,1-2H3,(H,30,31). The van der Waals surface area contributed by atoms with Crippen molar-refractivity contribution in [2.24, 2.45) is 4.99 Å². The number of carbonyl (C=O) groups is 1. The number of carboxylic acids is 1. The molecule has 4 rings (SSSR count). The van der Waals surface area contributed by atoms with Crippen molar-refractivity contribution in [3.63, 3.8) is 0 Å². The lowest BCUT2D eigenvalue weighted by Gasteiger charge is -2.10. The summed E-state index contributed by atoms with van der Waals surface area (Å²) in [6, 6.07) is 22.2. The van der Waals surface area contributed by atoms with E-state index in [-0.39, 0.29) is 11.4 Å². The zero-order valence-corrected chi connectivity index (χ0v) is 17.3. The molecule has 0 aliphatic carbocycles. The Kier molecular flexibility index (Phi) is 5.56. The maximum Gasteiger partial charge on any atom is 0.335 e.